The number of nitrogens with zero attached hydrogens (tertiary/aromatic N) is 2. The SMILES string of the molecule is O=C1N2CCNc3ccccc3[C@H](c3ccccc3)N1CC2. The number of hydrogen-bond donors (Lipinski definition) is 1. The van der Waals surface area contributed by atoms with E-state index in [4.69, 9.17) is 0 Å². The molecule has 22 heavy (non-hydrogen) atoms. The Hall–Kier alpha value is -2.49. The van der Waals surface area contributed by atoms with Gasteiger partial charge in [0.2, 0.25) is 0 Å². The molecule has 2 heterocycles. The van der Waals surface area contributed by atoms with Gasteiger partial charge in [-0.25, -0.2) is 4.79 Å². The van der Waals surface area contributed by atoms with E-state index in [-0.39, 0.29) is 12.1 Å². The van der Waals surface area contributed by atoms with Gasteiger partial charge in [0, 0.05) is 37.4 Å². The van der Waals surface area contributed by atoms with E-state index in [0.717, 1.165) is 37.4 Å². The third-order valence-electron chi connectivity index (χ3n) is 4.51. The number of nitrogens with one attached hydrogen (secondary N) is 1. The van der Waals surface area contributed by atoms with Crippen molar-refractivity contribution in [1.82, 2.24) is 9.80 Å². The van der Waals surface area contributed by atoms with Gasteiger partial charge in [-0.1, -0.05) is 48.5 Å². The van der Waals surface area contributed by atoms with Crippen molar-refractivity contribution in [3.63, 3.8) is 0 Å². The summed E-state index contributed by atoms with van der Waals surface area (Å²) in [4.78, 5) is 16.7. The van der Waals surface area contributed by atoms with Crippen molar-refractivity contribution in [3.8, 4) is 0 Å². The van der Waals surface area contributed by atoms with Gasteiger partial charge in [-0.2, -0.15) is 0 Å². The second-order valence-electron chi connectivity index (χ2n) is 5.79. The fraction of sp³-hybridized carbons (Fsp3) is 0.278. The number of hydrogen-bond acceptors (Lipinski definition) is 2. The highest BCUT2D eigenvalue weighted by molar-refractivity contribution is 5.78. The molecule has 0 radical (unpaired) electrons. The average Bonchev–Trinajstić information content (AvgIpc) is 2.94. The summed E-state index contributed by atoms with van der Waals surface area (Å²) < 4.78 is 0. The number of carbonyl (C=O) groups excluding carboxylic acids is 1. The summed E-state index contributed by atoms with van der Waals surface area (Å²) in [6.45, 7) is 3.14. The number of rotatable bonds is 1. The molecule has 1 atom stereocenters. The summed E-state index contributed by atoms with van der Waals surface area (Å²) >= 11 is 0. The number of para-hydroxylation sites is 1. The number of fused-ring (bicyclic) bond motifs is 3. The van der Waals surface area contributed by atoms with E-state index in [1.54, 1.807) is 0 Å². The lowest BCUT2D eigenvalue weighted by atomic mass is 9.95. The zero-order valence-electron chi connectivity index (χ0n) is 12.4. The Bertz CT molecular complexity index is 686. The van der Waals surface area contributed by atoms with E-state index >= 15 is 0 Å². The van der Waals surface area contributed by atoms with Crippen molar-refractivity contribution in [1.29, 1.82) is 0 Å². The molecule has 0 unspecified atom stereocenters. The molecule has 4 rings (SSSR count). The molecule has 4 heteroatoms. The summed E-state index contributed by atoms with van der Waals surface area (Å²) in [5.41, 5.74) is 3.46. The van der Waals surface area contributed by atoms with Crippen LogP contribution in [0.15, 0.2) is 54.6 Å². The van der Waals surface area contributed by atoms with Crippen LogP contribution in [0.25, 0.3) is 0 Å². The number of benzene rings is 2. The normalized spacial score (nSPS) is 20.7. The molecule has 0 aliphatic carbocycles. The van der Waals surface area contributed by atoms with Gasteiger partial charge < -0.3 is 15.1 Å². The maximum Gasteiger partial charge on any atom is 0.320 e. The van der Waals surface area contributed by atoms with E-state index in [1.807, 2.05) is 40.1 Å². The van der Waals surface area contributed by atoms with E-state index < -0.39 is 0 Å². The first kappa shape index (κ1) is 13.2. The third kappa shape index (κ3) is 2.11. The number of urea groups is 1. The Labute approximate surface area is 130 Å². The zero-order chi connectivity index (χ0) is 14.9. The van der Waals surface area contributed by atoms with Crippen LogP contribution in [-0.4, -0.2) is 42.0 Å². The van der Waals surface area contributed by atoms with Crippen molar-refractivity contribution in [2.24, 2.45) is 0 Å². The second-order valence-corrected chi connectivity index (χ2v) is 5.79. The standard InChI is InChI=1S/C18H19N3O/c22-18-20-11-10-19-16-9-5-4-8-15(16)17(21(18)13-12-20)14-6-2-1-3-7-14/h1-9,17,19H,10-13H2/t17-/m0/s1. The quantitative estimate of drug-likeness (QED) is 0.877. The van der Waals surface area contributed by atoms with Crippen LogP contribution in [0.1, 0.15) is 17.2 Å². The zero-order valence-corrected chi connectivity index (χ0v) is 12.4. The fourth-order valence-corrected chi connectivity index (χ4v) is 3.43. The lowest BCUT2D eigenvalue weighted by Crippen LogP contribution is -2.35. The number of carbonyl (C=O) groups is 1. The molecule has 2 aromatic rings. The Kier molecular flexibility index (Phi) is 3.22. The largest absolute Gasteiger partial charge is 0.383 e. The van der Waals surface area contributed by atoms with Gasteiger partial charge in [0.25, 0.3) is 0 Å². The molecule has 2 aromatic carbocycles. The summed E-state index contributed by atoms with van der Waals surface area (Å²) in [6.07, 6.45) is 0. The Morgan fingerprint density at radius 1 is 0.909 bits per heavy atom. The number of anilines is 1. The molecular weight excluding hydrogens is 274 g/mol. The van der Waals surface area contributed by atoms with Crippen LogP contribution in [0.4, 0.5) is 10.5 Å². The van der Waals surface area contributed by atoms with E-state index in [2.05, 4.69) is 29.6 Å². The van der Waals surface area contributed by atoms with Gasteiger partial charge in [-0.15, -0.1) is 0 Å². The van der Waals surface area contributed by atoms with Gasteiger partial charge in [0.1, 0.15) is 0 Å². The molecule has 0 saturated carbocycles. The maximum atomic E-state index is 12.7. The fourth-order valence-electron chi connectivity index (χ4n) is 3.43. The minimum atomic E-state index is -0.0273. The van der Waals surface area contributed by atoms with Crippen LogP contribution in [0.3, 0.4) is 0 Å². The van der Waals surface area contributed by atoms with E-state index in [9.17, 15) is 4.79 Å². The van der Waals surface area contributed by atoms with Crippen molar-refractivity contribution in [2.45, 2.75) is 6.04 Å². The van der Waals surface area contributed by atoms with Crippen molar-refractivity contribution in [3.05, 3.63) is 65.7 Å². The van der Waals surface area contributed by atoms with Crippen LogP contribution >= 0.6 is 0 Å². The van der Waals surface area contributed by atoms with Crippen LogP contribution in [0.5, 0.6) is 0 Å². The van der Waals surface area contributed by atoms with Gasteiger partial charge in [0.05, 0.1) is 6.04 Å². The molecule has 2 amide bonds. The summed E-state index contributed by atoms with van der Waals surface area (Å²) in [6, 6.07) is 18.7. The minimum Gasteiger partial charge on any atom is -0.383 e. The Morgan fingerprint density at radius 2 is 1.68 bits per heavy atom. The first-order valence-corrected chi connectivity index (χ1v) is 7.78. The van der Waals surface area contributed by atoms with Crippen LogP contribution in [0.2, 0.25) is 0 Å². The highest BCUT2D eigenvalue weighted by Gasteiger charge is 2.36. The predicted octanol–water partition coefficient (Wildman–Crippen LogP) is 2.94. The molecule has 0 spiro atoms. The lowest BCUT2D eigenvalue weighted by Gasteiger charge is -2.29. The molecule has 1 saturated heterocycles. The smallest absolute Gasteiger partial charge is 0.320 e. The average molecular weight is 293 g/mol. The van der Waals surface area contributed by atoms with Crippen molar-refractivity contribution in [2.75, 3.05) is 31.5 Å². The molecular formula is C18H19N3O. The third-order valence-corrected chi connectivity index (χ3v) is 4.51. The molecule has 2 bridgehead atoms. The lowest BCUT2D eigenvalue weighted by molar-refractivity contribution is 0.185. The molecule has 112 valence electrons. The molecule has 1 fully saturated rings. The monoisotopic (exact) mass is 293 g/mol. The second kappa shape index (κ2) is 5.37. The summed E-state index contributed by atoms with van der Waals surface area (Å²) in [5, 5.41) is 3.49. The predicted molar refractivity (Wildman–Crippen MR) is 86.9 cm³/mol. The molecule has 0 aromatic heterocycles. The van der Waals surface area contributed by atoms with Gasteiger partial charge >= 0.3 is 6.03 Å². The van der Waals surface area contributed by atoms with Crippen LogP contribution < -0.4 is 5.32 Å². The topological polar surface area (TPSA) is 35.6 Å². The molecule has 4 nitrogen and oxygen atoms in total. The first-order chi connectivity index (χ1) is 10.8. The van der Waals surface area contributed by atoms with E-state index in [0.29, 0.717) is 0 Å². The highest BCUT2D eigenvalue weighted by atomic mass is 16.2. The molecule has 2 aliphatic rings. The Morgan fingerprint density at radius 3 is 2.55 bits per heavy atom. The van der Waals surface area contributed by atoms with Gasteiger partial charge in [-0.05, 0) is 11.6 Å². The van der Waals surface area contributed by atoms with Gasteiger partial charge in [0.15, 0.2) is 0 Å². The molecule has 1 N–H and O–H groups in total. The van der Waals surface area contributed by atoms with Crippen LogP contribution in [-0.2, 0) is 0 Å². The van der Waals surface area contributed by atoms with Crippen molar-refractivity contribution < 1.29 is 4.79 Å². The summed E-state index contributed by atoms with van der Waals surface area (Å²) in [7, 11) is 0. The van der Waals surface area contributed by atoms with E-state index in [1.165, 1.54) is 5.56 Å². The first-order valence-electron chi connectivity index (χ1n) is 7.78. The van der Waals surface area contributed by atoms with Gasteiger partial charge in [-0.3, -0.25) is 0 Å². The number of amides is 2. The minimum absolute atomic E-state index is 0.0273. The molecule has 2 aliphatic heterocycles. The highest BCUT2D eigenvalue weighted by Crippen LogP contribution is 2.36. The maximum absolute atomic E-state index is 12.7. The van der Waals surface area contributed by atoms with Crippen LogP contribution in [0, 0.1) is 0 Å². The summed E-state index contributed by atoms with van der Waals surface area (Å²) in [5.74, 6) is 0. The van der Waals surface area contributed by atoms with Crippen molar-refractivity contribution >= 4 is 11.7 Å². The Balaban J connectivity index is 1.88.